The van der Waals surface area contributed by atoms with Gasteiger partial charge in [0.1, 0.15) is 5.75 Å². The summed E-state index contributed by atoms with van der Waals surface area (Å²) < 4.78 is 7.22. The number of amides is 1. The summed E-state index contributed by atoms with van der Waals surface area (Å²) in [6.45, 7) is 4.24. The van der Waals surface area contributed by atoms with Crippen molar-refractivity contribution in [2.45, 2.75) is 26.4 Å². The van der Waals surface area contributed by atoms with Gasteiger partial charge in [-0.2, -0.15) is 0 Å². The number of rotatable bonds is 7. The molecule has 0 fully saturated rings. The molecule has 0 unspecified atom stereocenters. The Kier molecular flexibility index (Phi) is 6.49. The van der Waals surface area contributed by atoms with Gasteiger partial charge < -0.3 is 19.7 Å². The highest BCUT2D eigenvalue weighted by Crippen LogP contribution is 2.26. The van der Waals surface area contributed by atoms with E-state index in [0.29, 0.717) is 22.9 Å². The number of carbonyl (C=O) groups is 1. The van der Waals surface area contributed by atoms with Gasteiger partial charge in [0.15, 0.2) is 6.79 Å². The molecule has 6 heteroatoms. The third-order valence-electron chi connectivity index (χ3n) is 5.56. The lowest BCUT2D eigenvalue weighted by Crippen LogP contribution is -2.27. The monoisotopic (exact) mass is 450 g/mol. The number of fused-ring (bicyclic) bond motifs is 1. The molecule has 0 aliphatic heterocycles. The van der Waals surface area contributed by atoms with Crippen molar-refractivity contribution in [3.8, 4) is 5.75 Å². The Hall–Kier alpha value is -3.28. The predicted molar refractivity (Wildman–Crippen MR) is 129 cm³/mol. The molecule has 0 saturated heterocycles. The first-order valence-electron chi connectivity index (χ1n) is 10.4. The maximum Gasteiger partial charge on any atom is 0.253 e. The van der Waals surface area contributed by atoms with E-state index in [2.05, 4.69) is 16.0 Å². The van der Waals surface area contributed by atoms with E-state index in [0.717, 1.165) is 27.7 Å². The smallest absolute Gasteiger partial charge is 0.253 e. The molecule has 1 atom stereocenters. The standard InChI is InChI=1S/C26H25ClN2O3.H2/c1-17-13-21-6-4-8-24(25(21)29(17)15-19-5-3-7-22(27)14-19)26(31)28-18(2)20-9-11-23(12-10-20)32-16-30;/h3-14,18,30H,15-16H2,1-2H3,(H,28,31);1H/t18-;/m0./s1. The van der Waals surface area contributed by atoms with Crippen molar-refractivity contribution in [1.82, 2.24) is 9.88 Å². The molecule has 5 nitrogen and oxygen atoms in total. The van der Waals surface area contributed by atoms with Gasteiger partial charge in [-0.3, -0.25) is 4.79 Å². The number of carbonyl (C=O) groups excluding carboxylic acids is 1. The number of aliphatic hydroxyl groups is 1. The number of nitrogens with one attached hydrogen (secondary N) is 1. The summed E-state index contributed by atoms with van der Waals surface area (Å²) in [7, 11) is 0. The number of aromatic nitrogens is 1. The van der Waals surface area contributed by atoms with Crippen molar-refractivity contribution in [2.24, 2.45) is 0 Å². The summed E-state index contributed by atoms with van der Waals surface area (Å²) in [5, 5.41) is 13.7. The van der Waals surface area contributed by atoms with Crippen LogP contribution in [0, 0.1) is 6.92 Å². The molecule has 0 saturated carbocycles. The summed E-state index contributed by atoms with van der Waals surface area (Å²) in [5.74, 6) is 0.443. The minimum atomic E-state index is -0.371. The van der Waals surface area contributed by atoms with Gasteiger partial charge in [-0.25, -0.2) is 0 Å². The largest absolute Gasteiger partial charge is 0.468 e. The van der Waals surface area contributed by atoms with Crippen LogP contribution in [0.1, 0.15) is 41.6 Å². The molecule has 4 aromatic rings. The molecule has 1 amide bonds. The van der Waals surface area contributed by atoms with Gasteiger partial charge in [0, 0.05) is 24.1 Å². The Morgan fingerprint density at radius 3 is 2.59 bits per heavy atom. The van der Waals surface area contributed by atoms with Crippen molar-refractivity contribution in [3.63, 3.8) is 0 Å². The number of para-hydroxylation sites is 1. The van der Waals surface area contributed by atoms with E-state index in [1.165, 1.54) is 0 Å². The molecule has 1 heterocycles. The molecule has 1 aromatic heterocycles. The average molecular weight is 451 g/mol. The number of ether oxygens (including phenoxy) is 1. The maximum absolute atomic E-state index is 13.3. The fraction of sp³-hybridized carbons (Fsp3) is 0.192. The predicted octanol–water partition coefficient (Wildman–Crippen LogP) is 5.72. The molecule has 0 spiro atoms. The molecule has 32 heavy (non-hydrogen) atoms. The first-order chi connectivity index (χ1) is 15.5. The highest BCUT2D eigenvalue weighted by molar-refractivity contribution is 6.30. The van der Waals surface area contributed by atoms with Crippen molar-refractivity contribution in [2.75, 3.05) is 6.79 Å². The molecule has 0 aliphatic rings. The Balaban J connectivity index is 0.00000306. The minimum Gasteiger partial charge on any atom is -0.468 e. The SMILES string of the molecule is Cc1cc2cccc(C(=O)N[C@@H](C)c3ccc(OCO)cc3)c2n1Cc1cccc(Cl)c1.[HH]. The third-order valence-corrected chi connectivity index (χ3v) is 5.80. The molecule has 4 rings (SSSR count). The van der Waals surface area contributed by atoms with Crippen LogP contribution in [0.3, 0.4) is 0 Å². The van der Waals surface area contributed by atoms with Gasteiger partial charge in [0.2, 0.25) is 0 Å². The normalized spacial score (nSPS) is 12.0. The van der Waals surface area contributed by atoms with E-state index in [-0.39, 0.29) is 20.2 Å². The lowest BCUT2D eigenvalue weighted by atomic mass is 10.1. The molecule has 0 bridgehead atoms. The second-order valence-corrected chi connectivity index (χ2v) is 8.22. The van der Waals surface area contributed by atoms with Crippen LogP contribution in [-0.4, -0.2) is 22.4 Å². The average Bonchev–Trinajstić information content (AvgIpc) is 3.09. The van der Waals surface area contributed by atoms with Gasteiger partial charge in [0.25, 0.3) is 5.91 Å². The minimum absolute atomic E-state index is 0. The second-order valence-electron chi connectivity index (χ2n) is 7.78. The Morgan fingerprint density at radius 2 is 1.88 bits per heavy atom. The number of aliphatic hydroxyl groups excluding tert-OH is 1. The van der Waals surface area contributed by atoms with E-state index in [1.807, 2.05) is 68.4 Å². The zero-order valence-corrected chi connectivity index (χ0v) is 18.8. The van der Waals surface area contributed by atoms with Crippen LogP contribution >= 0.6 is 11.6 Å². The van der Waals surface area contributed by atoms with Crippen LogP contribution in [0.5, 0.6) is 5.75 Å². The summed E-state index contributed by atoms with van der Waals surface area (Å²) >= 11 is 6.17. The summed E-state index contributed by atoms with van der Waals surface area (Å²) in [6, 6.07) is 22.8. The fourth-order valence-electron chi connectivity index (χ4n) is 3.95. The van der Waals surface area contributed by atoms with Crippen LogP contribution in [0.25, 0.3) is 10.9 Å². The van der Waals surface area contributed by atoms with Crippen LogP contribution in [0.4, 0.5) is 0 Å². The lowest BCUT2D eigenvalue weighted by Gasteiger charge is -2.17. The van der Waals surface area contributed by atoms with Crippen molar-refractivity contribution < 1.29 is 16.1 Å². The van der Waals surface area contributed by atoms with Gasteiger partial charge >= 0.3 is 0 Å². The van der Waals surface area contributed by atoms with Crippen molar-refractivity contribution in [1.29, 1.82) is 0 Å². The Bertz CT molecular complexity index is 1250. The molecular weight excluding hydrogens is 424 g/mol. The topological polar surface area (TPSA) is 63.5 Å². The quantitative estimate of drug-likeness (QED) is 0.354. The lowest BCUT2D eigenvalue weighted by molar-refractivity contribution is 0.0941. The molecule has 3 aromatic carbocycles. The van der Waals surface area contributed by atoms with E-state index in [1.54, 1.807) is 12.1 Å². The van der Waals surface area contributed by atoms with Crippen LogP contribution in [0.15, 0.2) is 72.8 Å². The first-order valence-corrected chi connectivity index (χ1v) is 10.8. The molecule has 0 aliphatic carbocycles. The summed E-state index contributed by atoms with van der Waals surface area (Å²) in [4.78, 5) is 13.3. The number of hydrogen-bond donors (Lipinski definition) is 2. The van der Waals surface area contributed by atoms with Crippen molar-refractivity contribution in [3.05, 3.63) is 100 Å². The molecule has 0 radical (unpaired) electrons. The van der Waals surface area contributed by atoms with Gasteiger partial charge in [-0.05, 0) is 61.4 Å². The zero-order valence-electron chi connectivity index (χ0n) is 18.0. The molecule has 2 N–H and O–H groups in total. The van der Waals surface area contributed by atoms with Crippen LogP contribution in [-0.2, 0) is 6.54 Å². The van der Waals surface area contributed by atoms with Gasteiger partial charge in [0.05, 0.1) is 17.1 Å². The maximum atomic E-state index is 13.3. The summed E-state index contributed by atoms with van der Waals surface area (Å²) in [6.07, 6.45) is 0. The van der Waals surface area contributed by atoms with E-state index < -0.39 is 0 Å². The van der Waals surface area contributed by atoms with Crippen LogP contribution in [0.2, 0.25) is 5.02 Å². The Morgan fingerprint density at radius 1 is 1.12 bits per heavy atom. The number of aryl methyl sites for hydroxylation is 1. The summed E-state index contributed by atoms with van der Waals surface area (Å²) in [5.41, 5.74) is 4.63. The second kappa shape index (κ2) is 9.47. The first kappa shape index (κ1) is 21.9. The number of halogens is 1. The van der Waals surface area contributed by atoms with Crippen molar-refractivity contribution >= 4 is 28.4 Å². The third kappa shape index (κ3) is 4.64. The highest BCUT2D eigenvalue weighted by Gasteiger charge is 2.18. The fourth-order valence-corrected chi connectivity index (χ4v) is 4.16. The van der Waals surface area contributed by atoms with Crippen LogP contribution < -0.4 is 10.1 Å². The zero-order chi connectivity index (χ0) is 22.7. The number of nitrogens with zero attached hydrogens (tertiary/aromatic N) is 1. The van der Waals surface area contributed by atoms with Gasteiger partial charge in [-0.1, -0.05) is 48.0 Å². The van der Waals surface area contributed by atoms with E-state index >= 15 is 0 Å². The van der Waals surface area contributed by atoms with E-state index in [4.69, 9.17) is 21.4 Å². The molecular formula is C26H27ClN2O3. The molecule has 166 valence electrons. The highest BCUT2D eigenvalue weighted by atomic mass is 35.5. The van der Waals surface area contributed by atoms with E-state index in [9.17, 15) is 4.79 Å². The number of benzene rings is 3. The Labute approximate surface area is 193 Å². The van der Waals surface area contributed by atoms with Gasteiger partial charge in [-0.15, -0.1) is 0 Å². The number of hydrogen-bond acceptors (Lipinski definition) is 3.